The van der Waals surface area contributed by atoms with Crippen LogP contribution in [0.2, 0.25) is 0 Å². The van der Waals surface area contributed by atoms with Crippen LogP contribution in [0.25, 0.3) is 0 Å². The van der Waals surface area contributed by atoms with Gasteiger partial charge in [0.15, 0.2) is 5.16 Å². The second kappa shape index (κ2) is 8.86. The highest BCUT2D eigenvalue weighted by Crippen LogP contribution is 2.22. The molecule has 1 fully saturated rings. The molecule has 0 radical (unpaired) electrons. The maximum absolute atomic E-state index is 12.2. The number of thioether (sulfide) groups is 1. The lowest BCUT2D eigenvalue weighted by molar-refractivity contribution is -0.119. The fourth-order valence-corrected chi connectivity index (χ4v) is 3.59. The Hall–Kier alpha value is -1.83. The molecule has 8 heteroatoms. The number of carbonyl (C=O) groups is 2. The molecule has 1 aromatic heterocycles. The van der Waals surface area contributed by atoms with E-state index in [0.717, 1.165) is 31.5 Å². The molecule has 0 aliphatic heterocycles. The van der Waals surface area contributed by atoms with Crippen LogP contribution in [0.4, 0.5) is 4.79 Å². The molecule has 24 heavy (non-hydrogen) atoms. The van der Waals surface area contributed by atoms with Gasteiger partial charge in [-0.1, -0.05) is 37.1 Å². The molecule has 0 saturated heterocycles. The number of nitrogens with one attached hydrogen (secondary N) is 2. The number of amides is 3. The van der Waals surface area contributed by atoms with Crippen LogP contribution in [0.3, 0.4) is 0 Å². The van der Waals surface area contributed by atoms with Gasteiger partial charge in [0, 0.05) is 12.6 Å². The second-order valence-corrected chi connectivity index (χ2v) is 7.29. The number of allylic oxidation sites excluding steroid dienone is 1. The Morgan fingerprint density at radius 1 is 1.38 bits per heavy atom. The Labute approximate surface area is 146 Å². The lowest BCUT2D eigenvalue weighted by Gasteiger charge is -2.23. The van der Waals surface area contributed by atoms with Crippen molar-refractivity contribution in [2.75, 3.05) is 0 Å². The molecule has 0 spiro atoms. The zero-order chi connectivity index (χ0) is 17.5. The zero-order valence-electron chi connectivity index (χ0n) is 14.2. The van der Waals surface area contributed by atoms with Gasteiger partial charge in [-0.25, -0.2) is 4.79 Å². The Morgan fingerprint density at radius 2 is 2.08 bits per heavy atom. The van der Waals surface area contributed by atoms with E-state index in [1.807, 2.05) is 11.5 Å². The fourth-order valence-electron chi connectivity index (χ4n) is 2.68. The lowest BCUT2D eigenvalue weighted by Crippen LogP contribution is -2.47. The number of rotatable bonds is 6. The molecule has 1 aromatic rings. The van der Waals surface area contributed by atoms with Gasteiger partial charge in [0.05, 0.1) is 5.25 Å². The molecule has 0 aromatic carbocycles. The number of hydrogen-bond donors (Lipinski definition) is 2. The van der Waals surface area contributed by atoms with Gasteiger partial charge in [0.2, 0.25) is 5.91 Å². The molecular formula is C16H25N5O2S. The van der Waals surface area contributed by atoms with Gasteiger partial charge in [-0.05, 0) is 26.7 Å². The third-order valence-electron chi connectivity index (χ3n) is 4.04. The molecule has 2 N–H and O–H groups in total. The van der Waals surface area contributed by atoms with Crippen LogP contribution in [0.5, 0.6) is 0 Å². The van der Waals surface area contributed by atoms with E-state index in [0.29, 0.717) is 11.7 Å². The molecule has 1 atom stereocenters. The van der Waals surface area contributed by atoms with E-state index in [1.165, 1.54) is 18.2 Å². The molecule has 1 heterocycles. The minimum absolute atomic E-state index is 0.174. The molecule has 1 unspecified atom stereocenters. The SMILES string of the molecule is C=CCn1c(C)nnc1SC(C)C(=O)NC(=O)NC1CCCCC1. The van der Waals surface area contributed by atoms with Gasteiger partial charge in [0.1, 0.15) is 5.82 Å². The van der Waals surface area contributed by atoms with E-state index < -0.39 is 11.3 Å². The third kappa shape index (κ3) is 5.09. The Kier molecular flexibility index (Phi) is 6.84. The van der Waals surface area contributed by atoms with Crippen LogP contribution < -0.4 is 10.6 Å². The molecule has 132 valence electrons. The van der Waals surface area contributed by atoms with Gasteiger partial charge >= 0.3 is 6.03 Å². The summed E-state index contributed by atoms with van der Waals surface area (Å²) in [5.41, 5.74) is 0. The largest absolute Gasteiger partial charge is 0.335 e. The quantitative estimate of drug-likeness (QED) is 0.607. The van der Waals surface area contributed by atoms with E-state index in [9.17, 15) is 9.59 Å². The average molecular weight is 351 g/mol. The van der Waals surface area contributed by atoms with E-state index in [1.54, 1.807) is 13.0 Å². The topological polar surface area (TPSA) is 88.9 Å². The van der Waals surface area contributed by atoms with E-state index in [-0.39, 0.29) is 11.9 Å². The summed E-state index contributed by atoms with van der Waals surface area (Å²) in [6.45, 7) is 7.89. The Balaban J connectivity index is 1.85. The van der Waals surface area contributed by atoms with Crippen LogP contribution in [-0.4, -0.2) is 38.0 Å². The summed E-state index contributed by atoms with van der Waals surface area (Å²) in [6.07, 6.45) is 7.19. The first-order valence-corrected chi connectivity index (χ1v) is 9.18. The summed E-state index contributed by atoms with van der Waals surface area (Å²) in [4.78, 5) is 24.2. The van der Waals surface area contributed by atoms with Gasteiger partial charge in [0.25, 0.3) is 0 Å². The van der Waals surface area contributed by atoms with Crippen molar-refractivity contribution >= 4 is 23.7 Å². The van der Waals surface area contributed by atoms with Crippen molar-refractivity contribution in [3.8, 4) is 0 Å². The van der Waals surface area contributed by atoms with Crippen LogP contribution in [0.1, 0.15) is 44.9 Å². The van der Waals surface area contributed by atoms with Gasteiger partial charge in [-0.15, -0.1) is 16.8 Å². The molecule has 1 aliphatic rings. The van der Waals surface area contributed by atoms with Crippen molar-refractivity contribution in [1.29, 1.82) is 0 Å². The van der Waals surface area contributed by atoms with Crippen molar-refractivity contribution in [3.05, 3.63) is 18.5 Å². The average Bonchev–Trinajstić information content (AvgIpc) is 2.89. The van der Waals surface area contributed by atoms with Gasteiger partial charge < -0.3 is 9.88 Å². The van der Waals surface area contributed by atoms with Crippen molar-refractivity contribution in [3.63, 3.8) is 0 Å². The molecule has 7 nitrogen and oxygen atoms in total. The minimum atomic E-state index is -0.450. The number of carbonyl (C=O) groups excluding carboxylic acids is 2. The van der Waals surface area contributed by atoms with Crippen molar-refractivity contribution in [2.24, 2.45) is 0 Å². The third-order valence-corrected chi connectivity index (χ3v) is 5.12. The molecule has 3 amide bonds. The number of aromatic nitrogens is 3. The Morgan fingerprint density at radius 3 is 2.75 bits per heavy atom. The lowest BCUT2D eigenvalue weighted by atomic mass is 9.96. The zero-order valence-corrected chi connectivity index (χ0v) is 15.1. The smallest absolute Gasteiger partial charge is 0.321 e. The molecular weight excluding hydrogens is 326 g/mol. The van der Waals surface area contributed by atoms with E-state index in [2.05, 4.69) is 27.4 Å². The number of hydrogen-bond acceptors (Lipinski definition) is 5. The first-order chi connectivity index (χ1) is 11.5. The highest BCUT2D eigenvalue weighted by molar-refractivity contribution is 8.00. The predicted octanol–water partition coefficient (Wildman–Crippen LogP) is 2.41. The standard InChI is InChI=1S/C16H25N5O2S/c1-4-10-21-12(3)19-20-16(21)24-11(2)14(22)18-15(23)17-13-8-6-5-7-9-13/h4,11,13H,1,5-10H2,2-3H3,(H2,17,18,22,23). The molecule has 1 aliphatic carbocycles. The molecule has 2 rings (SSSR count). The summed E-state index contributed by atoms with van der Waals surface area (Å²) < 4.78 is 1.88. The number of urea groups is 1. The van der Waals surface area contributed by atoms with Gasteiger partial charge in [-0.2, -0.15) is 0 Å². The van der Waals surface area contributed by atoms with Crippen LogP contribution in [-0.2, 0) is 11.3 Å². The van der Waals surface area contributed by atoms with Crippen molar-refractivity contribution < 1.29 is 9.59 Å². The predicted molar refractivity (Wildman–Crippen MR) is 93.8 cm³/mol. The number of nitrogens with zero attached hydrogens (tertiary/aromatic N) is 3. The van der Waals surface area contributed by atoms with Crippen LogP contribution >= 0.6 is 11.8 Å². The Bertz CT molecular complexity index is 595. The van der Waals surface area contributed by atoms with E-state index >= 15 is 0 Å². The number of aryl methyl sites for hydroxylation is 1. The van der Waals surface area contributed by atoms with Crippen molar-refractivity contribution in [1.82, 2.24) is 25.4 Å². The summed E-state index contributed by atoms with van der Waals surface area (Å²) in [7, 11) is 0. The number of imide groups is 1. The normalized spacial score (nSPS) is 16.4. The minimum Gasteiger partial charge on any atom is -0.335 e. The summed E-state index contributed by atoms with van der Waals surface area (Å²) in [6, 6.07) is -0.240. The molecule has 0 bridgehead atoms. The van der Waals surface area contributed by atoms with Gasteiger partial charge in [-0.3, -0.25) is 10.1 Å². The monoisotopic (exact) mass is 351 g/mol. The fraction of sp³-hybridized carbons (Fsp3) is 0.625. The molecule has 1 saturated carbocycles. The van der Waals surface area contributed by atoms with Crippen molar-refractivity contribution in [2.45, 2.75) is 68.9 Å². The highest BCUT2D eigenvalue weighted by Gasteiger charge is 2.22. The van der Waals surface area contributed by atoms with Crippen LogP contribution in [0.15, 0.2) is 17.8 Å². The first kappa shape index (κ1) is 18.5. The van der Waals surface area contributed by atoms with Crippen LogP contribution in [0, 0.1) is 6.92 Å². The second-order valence-electron chi connectivity index (χ2n) is 5.99. The first-order valence-electron chi connectivity index (χ1n) is 8.30. The summed E-state index contributed by atoms with van der Waals surface area (Å²) in [5, 5.41) is 13.6. The maximum atomic E-state index is 12.2. The maximum Gasteiger partial charge on any atom is 0.321 e. The summed E-state index contributed by atoms with van der Waals surface area (Å²) >= 11 is 1.28. The summed E-state index contributed by atoms with van der Waals surface area (Å²) in [5.74, 6) is 0.430. The van der Waals surface area contributed by atoms with E-state index in [4.69, 9.17) is 0 Å². The highest BCUT2D eigenvalue weighted by atomic mass is 32.2.